The van der Waals surface area contributed by atoms with Crippen molar-refractivity contribution in [2.75, 3.05) is 39.0 Å². The first-order valence-corrected chi connectivity index (χ1v) is 13.1. The first-order valence-electron chi connectivity index (χ1n) is 13.1. The maximum atomic E-state index is 13.4. The Bertz CT molecular complexity index is 1380. The number of hydrogen-bond donors (Lipinski definition) is 1. The van der Waals surface area contributed by atoms with Crippen LogP contribution in [0.4, 0.5) is 18.9 Å². The van der Waals surface area contributed by atoms with E-state index >= 15 is 0 Å². The van der Waals surface area contributed by atoms with Crippen molar-refractivity contribution >= 4 is 16.6 Å². The lowest BCUT2D eigenvalue weighted by molar-refractivity contribution is -0.140. The molecule has 3 heterocycles. The summed E-state index contributed by atoms with van der Waals surface area (Å²) in [6.07, 6.45) is -0.506. The van der Waals surface area contributed by atoms with E-state index in [0.29, 0.717) is 22.9 Å². The summed E-state index contributed by atoms with van der Waals surface area (Å²) in [6.45, 7) is 5.54. The van der Waals surface area contributed by atoms with Crippen molar-refractivity contribution in [3.8, 4) is 17.9 Å². The molecule has 2 aromatic heterocycles. The molecule has 0 saturated carbocycles. The monoisotopic (exact) mass is 536 g/mol. The number of rotatable bonds is 7. The van der Waals surface area contributed by atoms with Crippen LogP contribution in [0.25, 0.3) is 10.9 Å². The lowest BCUT2D eigenvalue weighted by Crippen LogP contribution is -2.41. The fourth-order valence-electron chi connectivity index (χ4n) is 4.93. The Morgan fingerprint density at radius 2 is 1.85 bits per heavy atom. The first-order chi connectivity index (χ1) is 18.4. The van der Waals surface area contributed by atoms with Gasteiger partial charge in [-0.2, -0.15) is 18.4 Å². The molecule has 39 heavy (non-hydrogen) atoms. The van der Waals surface area contributed by atoms with Gasteiger partial charge in [0, 0.05) is 23.5 Å². The first kappa shape index (κ1) is 28.5. The molecular weight excluding hydrogens is 501 g/mol. The zero-order valence-corrected chi connectivity index (χ0v) is 22.9. The van der Waals surface area contributed by atoms with Crippen molar-refractivity contribution in [3.63, 3.8) is 0 Å². The van der Waals surface area contributed by atoms with Crippen LogP contribution in [-0.2, 0) is 18.5 Å². The standard InChI is InChI=1S/C30H35F3N6/c1-29(2,20-34)28-10-8-24(18-36-28)35-13-5-6-26-17-23-16-22(7-9-27(23)39(26)21-30(31,32)33)19-38-14-11-25(12-15-38)37(3)4/h7-10,16-18,25,35H,11-15,19,21H2,1-4H3. The minimum atomic E-state index is -4.36. The second-order valence-electron chi connectivity index (χ2n) is 10.9. The van der Waals surface area contributed by atoms with Crippen LogP contribution in [0.15, 0.2) is 42.6 Å². The summed E-state index contributed by atoms with van der Waals surface area (Å²) in [6, 6.07) is 13.8. The Balaban J connectivity index is 1.48. The van der Waals surface area contributed by atoms with Gasteiger partial charge in [0.25, 0.3) is 0 Å². The Morgan fingerprint density at radius 3 is 2.46 bits per heavy atom. The molecule has 1 fully saturated rings. The van der Waals surface area contributed by atoms with Crippen molar-refractivity contribution in [1.29, 1.82) is 5.26 Å². The fraction of sp³-hybridized carbons (Fsp3) is 0.467. The van der Waals surface area contributed by atoms with Crippen LogP contribution in [0.3, 0.4) is 0 Å². The molecular formula is C30H35F3N6. The van der Waals surface area contributed by atoms with E-state index in [1.54, 1.807) is 38.2 Å². The summed E-state index contributed by atoms with van der Waals surface area (Å²) < 4.78 is 41.6. The largest absolute Gasteiger partial charge is 0.406 e. The lowest BCUT2D eigenvalue weighted by atomic mass is 9.91. The number of nitrogens with zero attached hydrogens (tertiary/aromatic N) is 5. The Hall–Kier alpha value is -3.53. The normalized spacial score (nSPS) is 15.3. The summed E-state index contributed by atoms with van der Waals surface area (Å²) >= 11 is 0. The smallest absolute Gasteiger partial charge is 0.373 e. The quantitative estimate of drug-likeness (QED) is 0.411. The molecule has 0 spiro atoms. The van der Waals surface area contributed by atoms with Crippen LogP contribution in [-0.4, -0.2) is 65.3 Å². The Labute approximate surface area is 228 Å². The van der Waals surface area contributed by atoms with E-state index in [2.05, 4.69) is 52.1 Å². The van der Waals surface area contributed by atoms with Crippen LogP contribution in [0, 0.1) is 23.2 Å². The fourth-order valence-corrected chi connectivity index (χ4v) is 4.93. The van der Waals surface area contributed by atoms with E-state index in [1.807, 2.05) is 18.2 Å². The van der Waals surface area contributed by atoms with E-state index in [0.717, 1.165) is 49.1 Å². The average molecular weight is 537 g/mol. The maximum absolute atomic E-state index is 13.4. The van der Waals surface area contributed by atoms with E-state index in [1.165, 1.54) is 4.57 Å². The van der Waals surface area contributed by atoms with E-state index in [4.69, 9.17) is 0 Å². The number of nitriles is 1. The van der Waals surface area contributed by atoms with Gasteiger partial charge in [-0.1, -0.05) is 12.0 Å². The van der Waals surface area contributed by atoms with Crippen LogP contribution >= 0.6 is 0 Å². The molecule has 206 valence electrons. The number of alkyl halides is 3. The zero-order chi connectivity index (χ0) is 28.2. The van der Waals surface area contributed by atoms with Gasteiger partial charge in [-0.15, -0.1) is 0 Å². The highest BCUT2D eigenvalue weighted by atomic mass is 19.4. The van der Waals surface area contributed by atoms with Crippen LogP contribution in [0.1, 0.15) is 43.6 Å². The molecule has 1 aliphatic rings. The lowest BCUT2D eigenvalue weighted by Gasteiger charge is -2.35. The van der Waals surface area contributed by atoms with Gasteiger partial charge in [0.2, 0.25) is 0 Å². The summed E-state index contributed by atoms with van der Waals surface area (Å²) in [5, 5.41) is 13.1. The van der Waals surface area contributed by atoms with Gasteiger partial charge in [-0.25, -0.2) is 0 Å². The molecule has 6 nitrogen and oxygen atoms in total. The number of benzene rings is 1. The Morgan fingerprint density at radius 1 is 1.10 bits per heavy atom. The highest BCUT2D eigenvalue weighted by Crippen LogP contribution is 2.27. The van der Waals surface area contributed by atoms with Gasteiger partial charge >= 0.3 is 6.18 Å². The number of aromatic nitrogens is 2. The third-order valence-electron chi connectivity index (χ3n) is 7.28. The second kappa shape index (κ2) is 11.7. The zero-order valence-electron chi connectivity index (χ0n) is 22.9. The molecule has 9 heteroatoms. The van der Waals surface area contributed by atoms with Gasteiger partial charge in [-0.3, -0.25) is 9.88 Å². The third kappa shape index (κ3) is 7.32. The molecule has 0 bridgehead atoms. The Kier molecular flexibility index (Phi) is 8.54. The highest BCUT2D eigenvalue weighted by molar-refractivity contribution is 5.83. The number of halogens is 3. The van der Waals surface area contributed by atoms with Crippen LogP contribution in [0.2, 0.25) is 0 Å². The van der Waals surface area contributed by atoms with E-state index in [-0.39, 0.29) is 6.54 Å². The number of piperidine rings is 1. The van der Waals surface area contributed by atoms with Crippen molar-refractivity contribution in [2.45, 2.75) is 57.4 Å². The average Bonchev–Trinajstić information content (AvgIpc) is 3.22. The van der Waals surface area contributed by atoms with Crippen molar-refractivity contribution < 1.29 is 13.2 Å². The molecule has 0 aliphatic carbocycles. The predicted octanol–water partition coefficient (Wildman–Crippen LogP) is 5.39. The summed E-state index contributed by atoms with van der Waals surface area (Å²) in [5.41, 5.74) is 2.64. The minimum Gasteiger partial charge on any atom is -0.373 e. The van der Waals surface area contributed by atoms with Crippen molar-refractivity contribution in [2.24, 2.45) is 0 Å². The molecule has 1 N–H and O–H groups in total. The summed E-state index contributed by atoms with van der Waals surface area (Å²) in [5.74, 6) is 5.87. The number of pyridine rings is 1. The number of hydrogen-bond acceptors (Lipinski definition) is 5. The summed E-state index contributed by atoms with van der Waals surface area (Å²) in [4.78, 5) is 9.01. The van der Waals surface area contributed by atoms with Crippen molar-refractivity contribution in [3.05, 3.63) is 59.5 Å². The third-order valence-corrected chi connectivity index (χ3v) is 7.28. The van der Waals surface area contributed by atoms with E-state index in [9.17, 15) is 18.4 Å². The van der Waals surface area contributed by atoms with Crippen LogP contribution in [0.5, 0.6) is 0 Å². The summed E-state index contributed by atoms with van der Waals surface area (Å²) in [7, 11) is 4.23. The molecule has 3 aromatic rings. The van der Waals surface area contributed by atoms with Gasteiger partial charge in [0.05, 0.1) is 41.3 Å². The van der Waals surface area contributed by atoms with Gasteiger partial charge in [0.1, 0.15) is 6.54 Å². The molecule has 1 aromatic carbocycles. The number of nitrogens with one attached hydrogen (secondary N) is 1. The minimum absolute atomic E-state index is 0.240. The predicted molar refractivity (Wildman–Crippen MR) is 148 cm³/mol. The molecule has 4 rings (SSSR count). The molecule has 1 saturated heterocycles. The highest BCUT2D eigenvalue weighted by Gasteiger charge is 2.30. The molecule has 0 atom stereocenters. The SMILES string of the molecule is CN(C)C1CCN(Cc2ccc3c(c2)cc(C#CCNc2ccc(C(C)(C)C#N)nc2)n3CC(F)(F)F)CC1. The number of anilines is 1. The number of likely N-dealkylation sites (tertiary alicyclic amines) is 1. The molecule has 0 amide bonds. The maximum Gasteiger partial charge on any atom is 0.406 e. The second-order valence-corrected chi connectivity index (χ2v) is 10.9. The van der Waals surface area contributed by atoms with Gasteiger partial charge in [-0.05, 0) is 95.7 Å². The molecule has 0 radical (unpaired) electrons. The topological polar surface area (TPSA) is 60.1 Å². The number of fused-ring (bicyclic) bond motifs is 1. The van der Waals surface area contributed by atoms with Gasteiger partial charge < -0.3 is 14.8 Å². The van der Waals surface area contributed by atoms with E-state index < -0.39 is 18.1 Å². The molecule has 1 aliphatic heterocycles. The van der Waals surface area contributed by atoms with Gasteiger partial charge in [0.15, 0.2) is 0 Å². The molecule has 0 unspecified atom stereocenters. The van der Waals surface area contributed by atoms with Crippen molar-refractivity contribution in [1.82, 2.24) is 19.4 Å². The van der Waals surface area contributed by atoms with Crippen LogP contribution < -0.4 is 5.32 Å².